The van der Waals surface area contributed by atoms with Crippen molar-refractivity contribution < 1.29 is 18.0 Å². The minimum Gasteiger partial charge on any atom is -0.339 e. The Kier molecular flexibility index (Phi) is 5.69. The molecule has 2 N–H and O–H groups in total. The molecule has 0 aliphatic carbocycles. The van der Waals surface area contributed by atoms with Gasteiger partial charge in [0, 0.05) is 18.7 Å². The first-order valence-corrected chi connectivity index (χ1v) is 10.9. The molecule has 0 saturated carbocycles. The fourth-order valence-electron chi connectivity index (χ4n) is 3.25. The highest BCUT2D eigenvalue weighted by molar-refractivity contribution is 7.92. The van der Waals surface area contributed by atoms with Crippen LogP contribution in [-0.4, -0.2) is 44.5 Å². The van der Waals surface area contributed by atoms with E-state index in [9.17, 15) is 18.0 Å². The van der Waals surface area contributed by atoms with Gasteiger partial charge in [-0.2, -0.15) is 0 Å². The van der Waals surface area contributed by atoms with Crippen LogP contribution in [0.4, 0.5) is 11.4 Å². The molecule has 1 heterocycles. The predicted octanol–water partition coefficient (Wildman–Crippen LogP) is 2.85. The van der Waals surface area contributed by atoms with E-state index >= 15 is 0 Å². The lowest BCUT2D eigenvalue weighted by Gasteiger charge is -2.18. The molecule has 1 aliphatic heterocycles. The second-order valence-electron chi connectivity index (χ2n) is 6.85. The Morgan fingerprint density at radius 3 is 2.21 bits per heavy atom. The summed E-state index contributed by atoms with van der Waals surface area (Å²) in [6, 6.07) is 11.7. The summed E-state index contributed by atoms with van der Waals surface area (Å²) in [6.45, 7) is 3.11. The van der Waals surface area contributed by atoms with Crippen LogP contribution in [0.15, 0.2) is 42.5 Å². The van der Waals surface area contributed by atoms with Gasteiger partial charge in [0.05, 0.1) is 23.2 Å². The number of nitrogens with zero attached hydrogens (tertiary/aromatic N) is 1. The van der Waals surface area contributed by atoms with Gasteiger partial charge in [-0.05, 0) is 49.6 Å². The van der Waals surface area contributed by atoms with Gasteiger partial charge in [-0.1, -0.05) is 18.2 Å². The number of sulfonamides is 1. The molecule has 8 heteroatoms. The van der Waals surface area contributed by atoms with Crippen molar-refractivity contribution in [3.8, 4) is 0 Å². The lowest BCUT2D eigenvalue weighted by Crippen LogP contribution is -2.29. The number of rotatable bonds is 5. The number of para-hydroxylation sites is 1. The molecule has 1 fully saturated rings. The van der Waals surface area contributed by atoms with E-state index in [1.165, 1.54) is 0 Å². The van der Waals surface area contributed by atoms with E-state index < -0.39 is 15.9 Å². The van der Waals surface area contributed by atoms with E-state index in [1.807, 2.05) is 0 Å². The monoisotopic (exact) mass is 401 g/mol. The van der Waals surface area contributed by atoms with Gasteiger partial charge in [-0.3, -0.25) is 14.3 Å². The van der Waals surface area contributed by atoms with Crippen molar-refractivity contribution in [3.63, 3.8) is 0 Å². The van der Waals surface area contributed by atoms with Gasteiger partial charge in [0.1, 0.15) is 0 Å². The average Bonchev–Trinajstić information content (AvgIpc) is 3.17. The highest BCUT2D eigenvalue weighted by atomic mass is 32.2. The quantitative estimate of drug-likeness (QED) is 0.805. The molecule has 3 rings (SSSR count). The van der Waals surface area contributed by atoms with Crippen LogP contribution in [-0.2, 0) is 10.0 Å². The molecular weight excluding hydrogens is 378 g/mol. The van der Waals surface area contributed by atoms with Crippen LogP contribution in [0, 0.1) is 6.92 Å². The number of likely N-dealkylation sites (tertiary alicyclic amines) is 1. The SMILES string of the molecule is Cc1c(NS(C)(=O)=O)cccc1C(=O)Nc1ccccc1C(=O)N1CCCC1. The third kappa shape index (κ3) is 4.51. The van der Waals surface area contributed by atoms with Gasteiger partial charge in [0.15, 0.2) is 0 Å². The highest BCUT2D eigenvalue weighted by Crippen LogP contribution is 2.24. The van der Waals surface area contributed by atoms with Crippen LogP contribution in [0.5, 0.6) is 0 Å². The number of hydrogen-bond acceptors (Lipinski definition) is 4. The van der Waals surface area contributed by atoms with Crippen LogP contribution in [0.2, 0.25) is 0 Å². The maximum absolute atomic E-state index is 12.8. The van der Waals surface area contributed by atoms with E-state index in [1.54, 1.807) is 54.3 Å². The molecule has 2 aromatic carbocycles. The van der Waals surface area contributed by atoms with E-state index in [2.05, 4.69) is 10.0 Å². The first-order valence-electron chi connectivity index (χ1n) is 9.03. The lowest BCUT2D eigenvalue weighted by atomic mass is 10.1. The molecule has 0 spiro atoms. The number of carbonyl (C=O) groups is 2. The van der Waals surface area contributed by atoms with Gasteiger partial charge < -0.3 is 10.2 Å². The maximum atomic E-state index is 12.8. The summed E-state index contributed by atoms with van der Waals surface area (Å²) in [4.78, 5) is 27.4. The Balaban J connectivity index is 1.86. The molecule has 1 aliphatic rings. The molecule has 7 nitrogen and oxygen atoms in total. The standard InChI is InChI=1S/C20H23N3O4S/c1-14-15(9-7-11-17(14)22-28(2,26)27)19(24)21-18-10-4-3-8-16(18)20(25)23-12-5-6-13-23/h3-4,7-11,22H,5-6,12-13H2,1-2H3,(H,21,24). The van der Waals surface area contributed by atoms with Crippen molar-refractivity contribution in [3.05, 3.63) is 59.2 Å². The van der Waals surface area contributed by atoms with Gasteiger partial charge in [-0.25, -0.2) is 8.42 Å². The van der Waals surface area contributed by atoms with E-state index in [0.717, 1.165) is 32.2 Å². The molecule has 2 aromatic rings. The van der Waals surface area contributed by atoms with Crippen LogP contribution < -0.4 is 10.0 Å². The molecule has 1 saturated heterocycles. The topological polar surface area (TPSA) is 95.6 Å². The first kappa shape index (κ1) is 19.9. The molecular formula is C20H23N3O4S. The third-order valence-corrected chi connectivity index (χ3v) is 5.26. The number of nitrogens with one attached hydrogen (secondary N) is 2. The Bertz CT molecular complexity index is 1010. The smallest absolute Gasteiger partial charge is 0.256 e. The Labute approximate surface area is 164 Å². The van der Waals surface area contributed by atoms with Crippen molar-refractivity contribution >= 4 is 33.2 Å². The molecule has 0 unspecified atom stereocenters. The second kappa shape index (κ2) is 8.02. The summed E-state index contributed by atoms with van der Waals surface area (Å²) in [7, 11) is -3.46. The summed E-state index contributed by atoms with van der Waals surface area (Å²) >= 11 is 0. The minimum absolute atomic E-state index is 0.0994. The van der Waals surface area contributed by atoms with Gasteiger partial charge in [0.2, 0.25) is 10.0 Å². The largest absolute Gasteiger partial charge is 0.339 e. The van der Waals surface area contributed by atoms with Gasteiger partial charge in [-0.15, -0.1) is 0 Å². The lowest BCUT2D eigenvalue weighted by molar-refractivity contribution is 0.0794. The Morgan fingerprint density at radius 2 is 1.54 bits per heavy atom. The summed E-state index contributed by atoms with van der Waals surface area (Å²) in [5, 5.41) is 2.80. The van der Waals surface area contributed by atoms with Crippen LogP contribution >= 0.6 is 0 Å². The first-order chi connectivity index (χ1) is 13.3. The number of benzene rings is 2. The number of carbonyl (C=O) groups excluding carboxylic acids is 2. The summed E-state index contributed by atoms with van der Waals surface area (Å²) < 4.78 is 25.4. The predicted molar refractivity (Wildman–Crippen MR) is 109 cm³/mol. The Morgan fingerprint density at radius 1 is 0.929 bits per heavy atom. The van der Waals surface area contributed by atoms with Crippen LogP contribution in [0.25, 0.3) is 0 Å². The maximum Gasteiger partial charge on any atom is 0.256 e. The zero-order valence-electron chi connectivity index (χ0n) is 15.9. The molecule has 148 valence electrons. The highest BCUT2D eigenvalue weighted by Gasteiger charge is 2.23. The van der Waals surface area contributed by atoms with E-state index in [0.29, 0.717) is 28.1 Å². The van der Waals surface area contributed by atoms with Crippen LogP contribution in [0.1, 0.15) is 39.1 Å². The van der Waals surface area contributed by atoms with Crippen molar-refractivity contribution in [2.75, 3.05) is 29.4 Å². The van der Waals surface area contributed by atoms with Gasteiger partial charge in [0.25, 0.3) is 11.8 Å². The molecule has 0 atom stereocenters. The zero-order valence-corrected chi connectivity index (χ0v) is 16.7. The fraction of sp³-hybridized carbons (Fsp3) is 0.300. The van der Waals surface area contributed by atoms with Crippen molar-refractivity contribution in [2.24, 2.45) is 0 Å². The molecule has 28 heavy (non-hydrogen) atoms. The molecule has 0 bridgehead atoms. The third-order valence-electron chi connectivity index (χ3n) is 4.67. The number of hydrogen-bond donors (Lipinski definition) is 2. The number of amides is 2. The average molecular weight is 401 g/mol. The normalized spacial score (nSPS) is 14.0. The van der Waals surface area contributed by atoms with Crippen molar-refractivity contribution in [2.45, 2.75) is 19.8 Å². The second-order valence-corrected chi connectivity index (χ2v) is 8.60. The summed E-state index contributed by atoms with van der Waals surface area (Å²) in [5.74, 6) is -0.506. The molecule has 2 amide bonds. The van der Waals surface area contributed by atoms with Crippen molar-refractivity contribution in [1.29, 1.82) is 0 Å². The number of anilines is 2. The van der Waals surface area contributed by atoms with Crippen LogP contribution in [0.3, 0.4) is 0 Å². The van der Waals surface area contributed by atoms with Crippen molar-refractivity contribution in [1.82, 2.24) is 4.90 Å². The Hall–Kier alpha value is -2.87. The van der Waals surface area contributed by atoms with E-state index in [-0.39, 0.29) is 5.91 Å². The molecule has 0 radical (unpaired) electrons. The zero-order chi connectivity index (χ0) is 20.3. The minimum atomic E-state index is -3.46. The fourth-order valence-corrected chi connectivity index (χ4v) is 3.87. The molecule has 0 aromatic heterocycles. The summed E-state index contributed by atoms with van der Waals surface area (Å²) in [6.07, 6.45) is 3.03. The van der Waals surface area contributed by atoms with Gasteiger partial charge >= 0.3 is 0 Å². The summed E-state index contributed by atoms with van der Waals surface area (Å²) in [5.41, 5.74) is 2.06. The van der Waals surface area contributed by atoms with E-state index in [4.69, 9.17) is 0 Å².